The third kappa shape index (κ3) is 4.63. The first-order valence-corrected chi connectivity index (χ1v) is 12.3. The van der Waals surface area contributed by atoms with Crippen LogP contribution in [-0.4, -0.2) is 6.54 Å². The summed E-state index contributed by atoms with van der Waals surface area (Å²) in [6, 6.07) is 25.1. The van der Waals surface area contributed by atoms with Crippen LogP contribution in [-0.2, 0) is 6.54 Å². The molecule has 2 nitrogen and oxygen atoms in total. The number of hydrogen-bond acceptors (Lipinski definition) is 2. The maximum atomic E-state index is 6.48. The van der Waals surface area contributed by atoms with E-state index in [0.29, 0.717) is 10.0 Å². The van der Waals surface area contributed by atoms with Crippen LogP contribution in [0.2, 0.25) is 10.0 Å². The van der Waals surface area contributed by atoms with E-state index in [1.807, 2.05) is 30.0 Å². The molecule has 33 heavy (non-hydrogen) atoms. The van der Waals surface area contributed by atoms with Crippen LogP contribution in [0.5, 0.6) is 0 Å². The van der Waals surface area contributed by atoms with Gasteiger partial charge in [-0.3, -0.25) is 0 Å². The van der Waals surface area contributed by atoms with Gasteiger partial charge in [0.1, 0.15) is 6.54 Å². The van der Waals surface area contributed by atoms with E-state index >= 15 is 0 Å². The van der Waals surface area contributed by atoms with Crippen LogP contribution >= 0.6 is 35.0 Å². The van der Waals surface area contributed by atoms with Crippen LogP contribution in [0.15, 0.2) is 82.7 Å². The average molecular weight is 605 g/mol. The highest BCUT2D eigenvalue weighted by Crippen LogP contribution is 2.48. The average Bonchev–Trinajstić information content (AvgIpc) is 3.16. The summed E-state index contributed by atoms with van der Waals surface area (Å²) in [4.78, 5) is 3.63. The second-order valence-corrected chi connectivity index (χ2v) is 9.60. The molecule has 3 aromatic carbocycles. The van der Waals surface area contributed by atoms with Crippen molar-refractivity contribution in [2.45, 2.75) is 25.3 Å². The molecule has 0 unspecified atom stereocenters. The summed E-state index contributed by atoms with van der Waals surface area (Å²) in [7, 11) is 0. The molecule has 0 radical (unpaired) electrons. The summed E-state index contributed by atoms with van der Waals surface area (Å²) >= 11 is 14.5. The zero-order valence-corrected chi connectivity index (χ0v) is 22.8. The minimum absolute atomic E-state index is 0. The molecule has 2 heterocycles. The molecule has 4 aromatic rings. The molecule has 0 amide bonds. The van der Waals surface area contributed by atoms with Crippen LogP contribution in [0, 0.1) is 0 Å². The van der Waals surface area contributed by atoms with E-state index < -0.39 is 0 Å². The van der Waals surface area contributed by atoms with Gasteiger partial charge >= 0.3 is 0 Å². The van der Waals surface area contributed by atoms with Gasteiger partial charge in [0.2, 0.25) is 11.2 Å². The van der Waals surface area contributed by atoms with Crippen molar-refractivity contribution >= 4 is 57.6 Å². The van der Waals surface area contributed by atoms with Crippen LogP contribution < -0.4 is 33.4 Å². The number of anilines is 1. The summed E-state index contributed by atoms with van der Waals surface area (Å²) < 4.78 is 2.37. The fourth-order valence-electron chi connectivity index (χ4n) is 4.30. The van der Waals surface area contributed by atoms with Gasteiger partial charge < -0.3 is 28.9 Å². The molecule has 168 valence electrons. The maximum absolute atomic E-state index is 6.48. The smallest absolute Gasteiger partial charge is 0.212 e. The number of para-hydroxylation sites is 1. The fraction of sp³-hybridized carbons (Fsp3) is 0.148. The lowest BCUT2D eigenvalue weighted by atomic mass is 10.0. The molecule has 1 aliphatic rings. The van der Waals surface area contributed by atoms with Gasteiger partial charge in [-0.2, -0.15) is 4.57 Å². The second-order valence-electron chi connectivity index (χ2n) is 7.70. The summed E-state index contributed by atoms with van der Waals surface area (Å²) in [5.41, 5.74) is 5.70. The van der Waals surface area contributed by atoms with E-state index in [2.05, 4.69) is 84.0 Å². The van der Waals surface area contributed by atoms with Crippen molar-refractivity contribution in [2.75, 3.05) is 11.4 Å². The van der Waals surface area contributed by atoms with Crippen molar-refractivity contribution in [2.24, 2.45) is 0 Å². The van der Waals surface area contributed by atoms with Crippen molar-refractivity contribution < 1.29 is 28.5 Å². The standard InChI is InChI=1S/C27H23Cl2N2S.HI/c1-3-30-21(12-9-18-7-5-6-8-24(18)30)17-27-31(4-2)25-15-19(10-14-26(25)32-27)22-16-20(28)11-13-23(22)29;/h5-17H,3-4H2,1-2H3;1H/q+1;/p-1. The highest BCUT2D eigenvalue weighted by molar-refractivity contribution is 8.03. The van der Waals surface area contributed by atoms with Gasteiger partial charge in [-0.1, -0.05) is 53.2 Å². The number of halogens is 3. The Hall–Kier alpha value is -1.73. The van der Waals surface area contributed by atoms with Gasteiger partial charge in [-0.25, -0.2) is 0 Å². The Morgan fingerprint density at radius 3 is 2.55 bits per heavy atom. The van der Waals surface area contributed by atoms with Crippen LogP contribution in [0.1, 0.15) is 19.5 Å². The Morgan fingerprint density at radius 1 is 0.939 bits per heavy atom. The zero-order chi connectivity index (χ0) is 22.2. The summed E-state index contributed by atoms with van der Waals surface area (Å²) in [5, 5.41) is 3.88. The Morgan fingerprint density at radius 2 is 1.76 bits per heavy atom. The number of benzene rings is 3. The van der Waals surface area contributed by atoms with E-state index in [1.54, 1.807) is 0 Å². The van der Waals surface area contributed by atoms with Gasteiger partial charge in [-0.05, 0) is 61.9 Å². The molecule has 0 fully saturated rings. The van der Waals surface area contributed by atoms with E-state index in [-0.39, 0.29) is 24.0 Å². The van der Waals surface area contributed by atoms with Crippen LogP contribution in [0.25, 0.3) is 28.1 Å². The molecule has 5 rings (SSSR count). The number of fused-ring (bicyclic) bond motifs is 2. The maximum Gasteiger partial charge on any atom is 0.212 e. The highest BCUT2D eigenvalue weighted by atomic mass is 127. The zero-order valence-electron chi connectivity index (χ0n) is 18.4. The van der Waals surface area contributed by atoms with Crippen molar-refractivity contribution in [1.29, 1.82) is 0 Å². The first kappa shape index (κ1) is 24.4. The van der Waals surface area contributed by atoms with Gasteiger partial charge in [0, 0.05) is 50.6 Å². The third-order valence-electron chi connectivity index (χ3n) is 5.85. The largest absolute Gasteiger partial charge is 1.00 e. The lowest BCUT2D eigenvalue weighted by molar-refractivity contribution is -0.669. The van der Waals surface area contributed by atoms with Crippen molar-refractivity contribution in [3.8, 4) is 11.1 Å². The normalized spacial score (nSPS) is 13.9. The predicted octanol–water partition coefficient (Wildman–Crippen LogP) is 5.06. The minimum atomic E-state index is 0. The van der Waals surface area contributed by atoms with Gasteiger partial charge in [-0.15, -0.1) is 0 Å². The minimum Gasteiger partial charge on any atom is -1.00 e. The van der Waals surface area contributed by atoms with Gasteiger partial charge in [0.15, 0.2) is 0 Å². The molecule has 1 aromatic heterocycles. The van der Waals surface area contributed by atoms with Crippen molar-refractivity contribution in [3.05, 3.63) is 93.6 Å². The summed E-state index contributed by atoms with van der Waals surface area (Å²) in [5.74, 6) is 0. The third-order valence-corrected chi connectivity index (χ3v) is 7.52. The predicted molar refractivity (Wildman–Crippen MR) is 139 cm³/mol. The number of aromatic nitrogens is 1. The van der Waals surface area contributed by atoms with E-state index in [9.17, 15) is 0 Å². The number of pyridine rings is 1. The summed E-state index contributed by atoms with van der Waals surface area (Å²) in [6.45, 7) is 6.19. The van der Waals surface area contributed by atoms with Crippen molar-refractivity contribution in [1.82, 2.24) is 0 Å². The highest BCUT2D eigenvalue weighted by Gasteiger charge is 2.26. The van der Waals surface area contributed by atoms with Gasteiger partial charge in [0.25, 0.3) is 0 Å². The Balaban J connectivity index is 0.00000259. The second kappa shape index (κ2) is 10.3. The number of rotatable bonds is 4. The van der Waals surface area contributed by atoms with E-state index in [0.717, 1.165) is 24.2 Å². The molecule has 1 aliphatic heterocycles. The molecule has 0 aliphatic carbocycles. The SMILES string of the molecule is CCN1C(=Cc2ccc3ccccc3[n+]2CC)Sc2ccc(-c3cc(Cl)ccc3Cl)cc21.[I-]. The molecule has 0 bridgehead atoms. The number of hydrogen-bond donors (Lipinski definition) is 0. The molecule has 0 saturated carbocycles. The number of nitrogens with zero attached hydrogens (tertiary/aromatic N) is 2. The van der Waals surface area contributed by atoms with Crippen LogP contribution in [0.4, 0.5) is 5.69 Å². The molecule has 6 heteroatoms. The first-order valence-electron chi connectivity index (χ1n) is 10.8. The lowest BCUT2D eigenvalue weighted by Gasteiger charge is -2.19. The van der Waals surface area contributed by atoms with E-state index in [1.165, 1.54) is 32.2 Å². The molecular weight excluding hydrogens is 582 g/mol. The first-order chi connectivity index (χ1) is 15.6. The Bertz CT molecular complexity index is 1370. The van der Waals surface area contributed by atoms with E-state index in [4.69, 9.17) is 23.2 Å². The number of thioether (sulfide) groups is 1. The monoisotopic (exact) mass is 604 g/mol. The van der Waals surface area contributed by atoms with Gasteiger partial charge in [0.05, 0.1) is 10.7 Å². The fourth-order valence-corrected chi connectivity index (χ4v) is 5.86. The number of aryl methyl sites for hydroxylation is 1. The topological polar surface area (TPSA) is 7.12 Å². The molecule has 0 atom stereocenters. The Kier molecular flexibility index (Phi) is 7.59. The molecule has 0 saturated heterocycles. The molecule has 0 spiro atoms. The van der Waals surface area contributed by atoms with Crippen LogP contribution in [0.3, 0.4) is 0 Å². The quantitative estimate of drug-likeness (QED) is 0.238. The lowest BCUT2D eigenvalue weighted by Crippen LogP contribution is -3.00. The molecule has 0 N–H and O–H groups in total. The molecular formula is C27H23Cl2IN2S. The Labute approximate surface area is 226 Å². The van der Waals surface area contributed by atoms with Crippen molar-refractivity contribution in [3.63, 3.8) is 0 Å². The summed E-state index contributed by atoms with van der Waals surface area (Å²) in [6.07, 6.45) is 2.30.